The topological polar surface area (TPSA) is 199 Å². The van der Waals surface area contributed by atoms with Crippen molar-refractivity contribution in [2.75, 3.05) is 30.4 Å². The van der Waals surface area contributed by atoms with E-state index in [0.717, 1.165) is 11.8 Å². The van der Waals surface area contributed by atoms with Gasteiger partial charge in [0, 0.05) is 11.2 Å². The predicted octanol–water partition coefficient (Wildman–Crippen LogP) is 2.92. The number of anilines is 2. The molecule has 236 valence electrons. The number of aromatic nitrogens is 4. The highest BCUT2D eigenvalue weighted by Gasteiger charge is 2.56. The standard InChI is InChI=1S/C23H36Cl2N7O7PS2/c1-11(2)38-18(34)12(3)31-40(41,36-7-8-42-20(35)22(4,5)6)37-9-13-15(33)23(24,25)19(39-13)32-10-28-14-16(26)29-21(27)30-17(14)32/h10-13,15,19,33H,7-9H2,1-6H3,(H,31,41)(H4,26,27,29,30). The number of imidazole rings is 1. The molecule has 3 rings (SSSR count). The first-order valence-electron chi connectivity index (χ1n) is 12.9. The Balaban J connectivity index is 1.76. The van der Waals surface area contributed by atoms with Crippen LogP contribution in [0.1, 0.15) is 47.8 Å². The maximum atomic E-state index is 12.5. The molecule has 3 heterocycles. The molecule has 0 spiro atoms. The van der Waals surface area contributed by atoms with Gasteiger partial charge in [0.25, 0.3) is 6.64 Å². The van der Waals surface area contributed by atoms with Crippen LogP contribution in [0.3, 0.4) is 0 Å². The quantitative estimate of drug-likeness (QED) is 0.110. The minimum Gasteiger partial charge on any atom is -0.462 e. The minimum absolute atomic E-state index is 0.0166. The molecule has 5 unspecified atom stereocenters. The summed E-state index contributed by atoms with van der Waals surface area (Å²) in [5.41, 5.74) is 11.5. The largest absolute Gasteiger partial charge is 0.462 e. The van der Waals surface area contributed by atoms with Gasteiger partial charge in [-0.05, 0) is 32.6 Å². The van der Waals surface area contributed by atoms with Gasteiger partial charge in [0.05, 0.1) is 25.6 Å². The van der Waals surface area contributed by atoms with Gasteiger partial charge in [0.2, 0.25) is 5.95 Å². The van der Waals surface area contributed by atoms with Crippen molar-refractivity contribution in [3.05, 3.63) is 6.33 Å². The van der Waals surface area contributed by atoms with Crippen molar-refractivity contribution < 1.29 is 33.2 Å². The van der Waals surface area contributed by atoms with Gasteiger partial charge in [-0.15, -0.1) is 0 Å². The van der Waals surface area contributed by atoms with Crippen molar-refractivity contribution in [3.8, 4) is 0 Å². The second kappa shape index (κ2) is 13.8. The molecule has 1 saturated heterocycles. The summed E-state index contributed by atoms with van der Waals surface area (Å²) in [5, 5.41) is 13.9. The van der Waals surface area contributed by atoms with Crippen molar-refractivity contribution in [2.45, 2.75) is 76.5 Å². The number of hydrogen-bond donors (Lipinski definition) is 4. The molecule has 2 aromatic rings. The van der Waals surface area contributed by atoms with E-state index >= 15 is 0 Å². The first-order valence-corrected chi connectivity index (χ1v) is 17.2. The van der Waals surface area contributed by atoms with Crippen LogP contribution in [0.4, 0.5) is 11.8 Å². The number of fused-ring (bicyclic) bond motifs is 1. The maximum absolute atomic E-state index is 12.5. The molecule has 5 atom stereocenters. The fourth-order valence-electron chi connectivity index (χ4n) is 3.65. The normalized spacial score (nSPS) is 22.8. The number of nitrogens with two attached hydrogens (primary N) is 2. The second-order valence-corrected chi connectivity index (χ2v) is 16.5. The number of halogens is 2. The van der Waals surface area contributed by atoms with E-state index in [1.54, 1.807) is 20.8 Å². The summed E-state index contributed by atoms with van der Waals surface area (Å²) in [7, 11) is 0. The molecule has 19 heteroatoms. The number of hydrogen-bond acceptors (Lipinski definition) is 14. The van der Waals surface area contributed by atoms with E-state index in [1.165, 1.54) is 10.9 Å². The smallest absolute Gasteiger partial charge is 0.323 e. The molecule has 0 bridgehead atoms. The van der Waals surface area contributed by atoms with Gasteiger partial charge in [-0.3, -0.25) is 14.2 Å². The van der Waals surface area contributed by atoms with Gasteiger partial charge >= 0.3 is 5.97 Å². The van der Waals surface area contributed by atoms with Crippen molar-refractivity contribution >= 4 is 87.4 Å². The number of carbonyl (C=O) groups excluding carboxylic acids is 2. The van der Waals surface area contributed by atoms with Gasteiger partial charge in [0.1, 0.15) is 23.8 Å². The number of carbonyl (C=O) groups is 2. The Labute approximate surface area is 263 Å². The van der Waals surface area contributed by atoms with Crippen molar-refractivity contribution in [2.24, 2.45) is 5.41 Å². The molecule has 0 aliphatic carbocycles. The van der Waals surface area contributed by atoms with Crippen LogP contribution in [0.2, 0.25) is 0 Å². The Morgan fingerprint density at radius 1 is 1.29 bits per heavy atom. The van der Waals surface area contributed by atoms with E-state index in [9.17, 15) is 14.7 Å². The average molecular weight is 689 g/mol. The van der Waals surface area contributed by atoms with Gasteiger partial charge < -0.3 is 35.1 Å². The fourth-order valence-corrected chi connectivity index (χ4v) is 7.51. The predicted molar refractivity (Wildman–Crippen MR) is 165 cm³/mol. The van der Waals surface area contributed by atoms with E-state index in [0.29, 0.717) is 5.75 Å². The molecule has 14 nitrogen and oxygen atoms in total. The molecular weight excluding hydrogens is 652 g/mol. The highest BCUT2D eigenvalue weighted by molar-refractivity contribution is 8.13. The summed E-state index contributed by atoms with van der Waals surface area (Å²) in [6.45, 7) is 6.74. The van der Waals surface area contributed by atoms with Crippen molar-refractivity contribution in [1.82, 2.24) is 24.6 Å². The third kappa shape index (κ3) is 8.43. The Morgan fingerprint density at radius 2 is 1.95 bits per heavy atom. The van der Waals surface area contributed by atoms with Gasteiger partial charge in [-0.2, -0.15) is 9.97 Å². The number of alkyl halides is 2. The number of thioether (sulfide) groups is 1. The Bertz CT molecular complexity index is 1340. The van der Waals surface area contributed by atoms with Crippen molar-refractivity contribution in [1.29, 1.82) is 0 Å². The van der Waals surface area contributed by atoms with Crippen LogP contribution in [0.5, 0.6) is 0 Å². The molecule has 0 amide bonds. The Morgan fingerprint density at radius 3 is 2.57 bits per heavy atom. The summed E-state index contributed by atoms with van der Waals surface area (Å²) < 4.78 is 22.6. The summed E-state index contributed by atoms with van der Waals surface area (Å²) >= 11 is 19.9. The first-order chi connectivity index (χ1) is 19.4. The molecule has 1 aliphatic heterocycles. The van der Waals surface area contributed by atoms with Gasteiger partial charge in [-0.25, -0.2) is 10.1 Å². The summed E-state index contributed by atoms with van der Waals surface area (Å²) in [6.07, 6.45) is -2.76. The van der Waals surface area contributed by atoms with Crippen LogP contribution < -0.4 is 16.6 Å². The third-order valence-corrected chi connectivity index (χ3v) is 10.5. The second-order valence-electron chi connectivity index (χ2n) is 10.8. The zero-order valence-corrected chi connectivity index (χ0v) is 28.0. The number of nitrogens with zero attached hydrogens (tertiary/aromatic N) is 4. The molecule has 2 aromatic heterocycles. The number of ether oxygens (including phenoxy) is 2. The molecule has 42 heavy (non-hydrogen) atoms. The van der Waals surface area contributed by atoms with Gasteiger partial charge in [0.15, 0.2) is 27.1 Å². The van der Waals surface area contributed by atoms with Crippen LogP contribution in [0, 0.1) is 5.41 Å². The molecule has 6 N–H and O–H groups in total. The van der Waals surface area contributed by atoms with E-state index in [4.69, 9.17) is 65.0 Å². The Kier molecular flexibility index (Phi) is 11.5. The Hall–Kier alpha value is -1.33. The number of nitrogen functional groups attached to an aromatic ring is 2. The SMILES string of the molecule is CC(C)OC(=O)C(C)NP(=S)(OCCSC(=O)C(C)(C)C)OCC1OC(n2cnc3c(N)nc(N)nc32)C(Cl)(Cl)C1O. The van der Waals surface area contributed by atoms with Crippen LogP contribution in [-0.2, 0) is 39.9 Å². The van der Waals surface area contributed by atoms with E-state index in [1.807, 2.05) is 20.8 Å². The van der Waals surface area contributed by atoms with Gasteiger partial charge in [-0.1, -0.05) is 55.7 Å². The van der Waals surface area contributed by atoms with E-state index in [-0.39, 0.29) is 47.4 Å². The molecule has 0 radical (unpaired) electrons. The lowest BCUT2D eigenvalue weighted by Gasteiger charge is -2.28. The zero-order valence-electron chi connectivity index (χ0n) is 23.9. The summed E-state index contributed by atoms with van der Waals surface area (Å²) in [5.74, 6) is -0.329. The van der Waals surface area contributed by atoms with E-state index < -0.39 is 46.8 Å². The van der Waals surface area contributed by atoms with Crippen molar-refractivity contribution in [3.63, 3.8) is 0 Å². The summed E-state index contributed by atoms with van der Waals surface area (Å²) in [6, 6.07) is -0.891. The van der Waals surface area contributed by atoms with Crippen LogP contribution in [0.25, 0.3) is 11.2 Å². The van der Waals surface area contributed by atoms with E-state index in [2.05, 4.69) is 20.0 Å². The number of aliphatic hydroxyl groups is 1. The molecule has 1 fully saturated rings. The number of nitrogens with one attached hydrogen (secondary N) is 1. The third-order valence-electron chi connectivity index (χ3n) is 5.75. The molecule has 1 aliphatic rings. The number of rotatable bonds is 12. The molecule has 0 saturated carbocycles. The highest BCUT2D eigenvalue weighted by atomic mass is 35.5. The van der Waals surface area contributed by atoms with Crippen LogP contribution in [-0.4, -0.2) is 83.4 Å². The lowest BCUT2D eigenvalue weighted by Crippen LogP contribution is -2.39. The highest BCUT2D eigenvalue weighted by Crippen LogP contribution is 2.50. The fraction of sp³-hybridized carbons (Fsp3) is 0.696. The van der Waals surface area contributed by atoms with Crippen LogP contribution in [0.15, 0.2) is 6.33 Å². The first kappa shape index (κ1) is 35.2. The molecule has 0 aromatic carbocycles. The average Bonchev–Trinajstić information content (AvgIpc) is 3.37. The number of aliphatic hydroxyl groups excluding tert-OH is 1. The minimum atomic E-state index is -3.42. The lowest BCUT2D eigenvalue weighted by molar-refractivity contribution is -0.149. The molecular formula is C23H36Cl2N7O7PS2. The summed E-state index contributed by atoms with van der Waals surface area (Å²) in [4.78, 5) is 37.0. The monoisotopic (exact) mass is 687 g/mol. The number of esters is 1. The maximum Gasteiger partial charge on any atom is 0.323 e. The van der Waals surface area contributed by atoms with Crippen LogP contribution >= 0.6 is 41.6 Å². The lowest BCUT2D eigenvalue weighted by atomic mass is 10.00. The zero-order chi connectivity index (χ0) is 31.6.